The van der Waals surface area contributed by atoms with Gasteiger partial charge in [0.15, 0.2) is 17.7 Å². The molecule has 0 aromatic heterocycles. The minimum atomic E-state index is -1.42. The van der Waals surface area contributed by atoms with Gasteiger partial charge >= 0.3 is 0 Å². The number of aliphatic hydroxyl groups is 1. The van der Waals surface area contributed by atoms with Crippen molar-refractivity contribution in [1.82, 2.24) is 0 Å². The summed E-state index contributed by atoms with van der Waals surface area (Å²) in [6.07, 6.45) is -1.42. The van der Waals surface area contributed by atoms with Gasteiger partial charge in [0, 0.05) is 5.56 Å². The fourth-order valence-electron chi connectivity index (χ4n) is 1.41. The van der Waals surface area contributed by atoms with E-state index in [1.54, 1.807) is 0 Å². The van der Waals surface area contributed by atoms with E-state index in [2.05, 4.69) is 0 Å². The minimum absolute atomic E-state index is 0.294. The predicted molar refractivity (Wildman–Crippen MR) is 49.0 cm³/mol. The SMILES string of the molecule is NC1=C(O)C(=O)C(c2cccc(F)c2F)O1. The van der Waals surface area contributed by atoms with Gasteiger partial charge in [-0.05, 0) is 6.07 Å². The molecule has 0 spiro atoms. The van der Waals surface area contributed by atoms with Crippen LogP contribution in [0, 0.1) is 11.6 Å². The molecule has 3 N–H and O–H groups in total. The fraction of sp³-hybridized carbons (Fsp3) is 0.100. The predicted octanol–water partition coefficient (Wildman–Crippen LogP) is 1.29. The lowest BCUT2D eigenvalue weighted by Gasteiger charge is -2.10. The Morgan fingerprint density at radius 2 is 2.06 bits per heavy atom. The van der Waals surface area contributed by atoms with E-state index in [4.69, 9.17) is 15.6 Å². The first-order valence-electron chi connectivity index (χ1n) is 4.36. The Kier molecular flexibility index (Phi) is 2.26. The van der Waals surface area contributed by atoms with Gasteiger partial charge in [0.1, 0.15) is 0 Å². The van der Waals surface area contributed by atoms with Crippen LogP contribution in [0.1, 0.15) is 11.7 Å². The maximum absolute atomic E-state index is 13.3. The maximum Gasteiger partial charge on any atom is 0.247 e. The van der Waals surface area contributed by atoms with Crippen molar-refractivity contribution in [3.63, 3.8) is 0 Å². The van der Waals surface area contributed by atoms with Crippen LogP contribution in [-0.2, 0) is 9.53 Å². The fourth-order valence-corrected chi connectivity index (χ4v) is 1.41. The topological polar surface area (TPSA) is 72.5 Å². The third-order valence-corrected chi connectivity index (χ3v) is 2.21. The molecule has 6 heteroatoms. The Bertz CT molecular complexity index is 499. The summed E-state index contributed by atoms with van der Waals surface area (Å²) in [7, 11) is 0. The highest BCUT2D eigenvalue weighted by molar-refractivity contribution is 5.99. The zero-order valence-electron chi connectivity index (χ0n) is 7.91. The lowest BCUT2D eigenvalue weighted by atomic mass is 10.1. The van der Waals surface area contributed by atoms with Gasteiger partial charge in [-0.1, -0.05) is 12.1 Å². The van der Waals surface area contributed by atoms with Gasteiger partial charge < -0.3 is 15.6 Å². The lowest BCUT2D eigenvalue weighted by molar-refractivity contribution is -0.123. The van der Waals surface area contributed by atoms with Gasteiger partial charge in [-0.3, -0.25) is 4.79 Å². The summed E-state index contributed by atoms with van der Waals surface area (Å²) in [5.74, 6) is -4.43. The van der Waals surface area contributed by atoms with Crippen molar-refractivity contribution < 1.29 is 23.4 Å². The average Bonchev–Trinajstić information content (AvgIpc) is 2.50. The zero-order valence-corrected chi connectivity index (χ0v) is 7.91. The van der Waals surface area contributed by atoms with Crippen molar-refractivity contribution in [2.45, 2.75) is 6.10 Å². The number of ketones is 1. The van der Waals surface area contributed by atoms with Crippen molar-refractivity contribution >= 4 is 5.78 Å². The minimum Gasteiger partial charge on any atom is -0.501 e. The molecule has 0 saturated carbocycles. The molecule has 0 radical (unpaired) electrons. The summed E-state index contributed by atoms with van der Waals surface area (Å²) < 4.78 is 31.0. The number of carbonyl (C=O) groups is 1. The van der Waals surface area contributed by atoms with Gasteiger partial charge in [-0.2, -0.15) is 0 Å². The molecule has 1 aliphatic heterocycles. The highest BCUT2D eigenvalue weighted by Gasteiger charge is 2.37. The first-order valence-corrected chi connectivity index (χ1v) is 4.36. The molecule has 0 aliphatic carbocycles. The number of nitrogens with two attached hydrogens (primary N) is 1. The number of ether oxygens (including phenoxy) is 1. The molecule has 0 saturated heterocycles. The largest absolute Gasteiger partial charge is 0.501 e. The Morgan fingerprint density at radius 1 is 1.38 bits per heavy atom. The maximum atomic E-state index is 13.3. The van der Waals surface area contributed by atoms with E-state index in [0.29, 0.717) is 0 Å². The standard InChI is InChI=1S/C10H7F2NO3/c11-5-3-1-2-4(6(5)12)9-7(14)8(15)10(13)16-9/h1-3,9,15H,13H2. The van der Waals surface area contributed by atoms with E-state index in [0.717, 1.165) is 6.07 Å². The first-order chi connectivity index (χ1) is 7.52. The second-order valence-electron chi connectivity index (χ2n) is 3.22. The molecular weight excluding hydrogens is 220 g/mol. The second-order valence-corrected chi connectivity index (χ2v) is 3.22. The molecular formula is C10H7F2NO3. The zero-order chi connectivity index (χ0) is 11.9. The molecule has 1 aromatic rings. The molecule has 4 nitrogen and oxygen atoms in total. The van der Waals surface area contributed by atoms with Crippen molar-refractivity contribution in [2.75, 3.05) is 0 Å². The molecule has 84 valence electrons. The van der Waals surface area contributed by atoms with E-state index in [9.17, 15) is 13.6 Å². The first kappa shape index (κ1) is 10.4. The Hall–Kier alpha value is -2.11. The second kappa shape index (κ2) is 3.48. The number of hydrogen-bond donors (Lipinski definition) is 2. The van der Waals surface area contributed by atoms with Crippen LogP contribution in [0.5, 0.6) is 0 Å². The molecule has 1 aliphatic rings. The van der Waals surface area contributed by atoms with Crippen molar-refractivity contribution in [1.29, 1.82) is 0 Å². The molecule has 0 amide bonds. The summed E-state index contributed by atoms with van der Waals surface area (Å²) in [5.41, 5.74) is 4.86. The number of halogens is 2. The van der Waals surface area contributed by atoms with Crippen molar-refractivity contribution in [2.24, 2.45) is 5.73 Å². The van der Waals surface area contributed by atoms with Crippen LogP contribution in [0.25, 0.3) is 0 Å². The number of aliphatic hydroxyl groups excluding tert-OH is 1. The van der Waals surface area contributed by atoms with Gasteiger partial charge in [-0.25, -0.2) is 8.78 Å². The molecule has 16 heavy (non-hydrogen) atoms. The molecule has 1 atom stereocenters. The quantitative estimate of drug-likeness (QED) is 0.758. The summed E-state index contributed by atoms with van der Waals surface area (Å²) >= 11 is 0. The average molecular weight is 227 g/mol. The van der Waals surface area contributed by atoms with Crippen LogP contribution >= 0.6 is 0 Å². The van der Waals surface area contributed by atoms with Crippen LogP contribution in [0.2, 0.25) is 0 Å². The number of hydrogen-bond acceptors (Lipinski definition) is 4. The van der Waals surface area contributed by atoms with Gasteiger partial charge in [-0.15, -0.1) is 0 Å². The van der Waals surface area contributed by atoms with Gasteiger partial charge in [0.25, 0.3) is 0 Å². The van der Waals surface area contributed by atoms with Gasteiger partial charge in [0.2, 0.25) is 17.4 Å². The highest BCUT2D eigenvalue weighted by atomic mass is 19.2. The van der Waals surface area contributed by atoms with Crippen LogP contribution in [0.15, 0.2) is 29.8 Å². The normalized spacial score (nSPS) is 20.1. The highest BCUT2D eigenvalue weighted by Crippen LogP contribution is 2.31. The van der Waals surface area contributed by atoms with E-state index in [-0.39, 0.29) is 5.56 Å². The molecule has 1 aromatic carbocycles. The van der Waals surface area contributed by atoms with Crippen LogP contribution in [-0.4, -0.2) is 10.9 Å². The van der Waals surface area contributed by atoms with Crippen molar-refractivity contribution in [3.8, 4) is 0 Å². The summed E-state index contributed by atoms with van der Waals surface area (Å²) in [6, 6.07) is 3.33. The molecule has 1 unspecified atom stereocenters. The lowest BCUT2D eigenvalue weighted by Crippen LogP contribution is -2.12. The van der Waals surface area contributed by atoms with E-state index < -0.39 is 35.2 Å². The van der Waals surface area contributed by atoms with E-state index in [1.165, 1.54) is 12.1 Å². The van der Waals surface area contributed by atoms with Crippen LogP contribution in [0.4, 0.5) is 8.78 Å². The number of benzene rings is 1. The summed E-state index contributed by atoms with van der Waals surface area (Å²) in [5, 5.41) is 9.12. The third-order valence-electron chi connectivity index (χ3n) is 2.21. The molecule has 1 heterocycles. The number of carbonyl (C=O) groups excluding carboxylic acids is 1. The summed E-state index contributed by atoms with van der Waals surface area (Å²) in [6.45, 7) is 0. The van der Waals surface area contributed by atoms with Gasteiger partial charge in [0.05, 0.1) is 0 Å². The Balaban J connectivity index is 2.42. The molecule has 2 rings (SSSR count). The number of rotatable bonds is 1. The number of Topliss-reactive ketones (excluding diaryl/α,β-unsaturated/α-hetero) is 1. The smallest absolute Gasteiger partial charge is 0.247 e. The Labute approximate surface area is 88.9 Å². The monoisotopic (exact) mass is 227 g/mol. The van der Waals surface area contributed by atoms with Crippen LogP contribution < -0.4 is 5.73 Å². The summed E-state index contributed by atoms with van der Waals surface area (Å²) in [4.78, 5) is 11.4. The van der Waals surface area contributed by atoms with Crippen LogP contribution in [0.3, 0.4) is 0 Å². The third kappa shape index (κ3) is 1.39. The Morgan fingerprint density at radius 3 is 2.62 bits per heavy atom. The van der Waals surface area contributed by atoms with E-state index in [1.807, 2.05) is 0 Å². The van der Waals surface area contributed by atoms with E-state index >= 15 is 0 Å². The molecule has 0 fully saturated rings. The molecule has 0 bridgehead atoms. The van der Waals surface area contributed by atoms with Crippen molar-refractivity contribution in [3.05, 3.63) is 47.0 Å².